The normalized spacial score (nSPS) is 10.9. The molecule has 0 aliphatic heterocycles. The molecule has 0 aliphatic carbocycles. The van der Waals surface area contributed by atoms with Crippen molar-refractivity contribution < 1.29 is 0 Å². The summed E-state index contributed by atoms with van der Waals surface area (Å²) in [5.41, 5.74) is 6.45. The zero-order chi connectivity index (χ0) is 18.7. The lowest BCUT2D eigenvalue weighted by Crippen LogP contribution is -2.01. The minimum absolute atomic E-state index is 0.812. The third kappa shape index (κ3) is 6.64. The number of allylic oxidation sites excluding steroid dienone is 4. The van der Waals surface area contributed by atoms with Crippen LogP contribution in [0.4, 0.5) is 5.69 Å². The fourth-order valence-corrected chi connectivity index (χ4v) is 2.29. The van der Waals surface area contributed by atoms with Crippen LogP contribution in [0.15, 0.2) is 86.1 Å². The van der Waals surface area contributed by atoms with E-state index in [2.05, 4.69) is 68.2 Å². The molecule has 0 bridgehead atoms. The molecule has 1 heterocycles. The molecule has 1 N–H and O–H groups in total. The van der Waals surface area contributed by atoms with Crippen LogP contribution in [-0.2, 0) is 6.42 Å². The van der Waals surface area contributed by atoms with Gasteiger partial charge in [0.15, 0.2) is 0 Å². The van der Waals surface area contributed by atoms with Crippen molar-refractivity contribution >= 4 is 11.4 Å². The SMILES string of the molecule is C=C.C=C(Nc1ccccc1C)c1ccc(C/C(C)=C\C=C/C)cn1. The van der Waals surface area contributed by atoms with Gasteiger partial charge in [0.2, 0.25) is 0 Å². The smallest absolute Gasteiger partial charge is 0.0858 e. The van der Waals surface area contributed by atoms with E-state index in [1.165, 1.54) is 16.7 Å². The molecule has 0 aliphatic rings. The maximum Gasteiger partial charge on any atom is 0.0858 e. The molecule has 130 valence electrons. The molecule has 1 aromatic heterocycles. The van der Waals surface area contributed by atoms with E-state index in [4.69, 9.17) is 0 Å². The Morgan fingerprint density at radius 3 is 2.48 bits per heavy atom. The van der Waals surface area contributed by atoms with Crippen molar-refractivity contribution in [2.45, 2.75) is 27.2 Å². The number of nitrogens with one attached hydrogen (secondary N) is 1. The molecule has 0 saturated heterocycles. The monoisotopic (exact) mass is 332 g/mol. The van der Waals surface area contributed by atoms with Gasteiger partial charge >= 0.3 is 0 Å². The topological polar surface area (TPSA) is 24.9 Å². The average molecular weight is 332 g/mol. The Labute approximate surface area is 152 Å². The Hall–Kier alpha value is -2.87. The van der Waals surface area contributed by atoms with Gasteiger partial charge in [-0.3, -0.25) is 4.98 Å². The van der Waals surface area contributed by atoms with Gasteiger partial charge in [-0.2, -0.15) is 0 Å². The van der Waals surface area contributed by atoms with Crippen LogP contribution in [0.5, 0.6) is 0 Å². The molecule has 0 unspecified atom stereocenters. The largest absolute Gasteiger partial charge is 0.354 e. The quantitative estimate of drug-likeness (QED) is 0.493. The van der Waals surface area contributed by atoms with Crippen LogP contribution in [0.25, 0.3) is 5.70 Å². The third-order valence-corrected chi connectivity index (χ3v) is 3.62. The molecular formula is C23H28N2. The van der Waals surface area contributed by atoms with Crippen molar-refractivity contribution in [2.75, 3.05) is 5.32 Å². The summed E-state index contributed by atoms with van der Waals surface area (Å²) in [5, 5.41) is 3.34. The Morgan fingerprint density at radius 1 is 1.16 bits per heavy atom. The molecular weight excluding hydrogens is 304 g/mol. The van der Waals surface area contributed by atoms with Crippen molar-refractivity contribution in [1.82, 2.24) is 4.98 Å². The van der Waals surface area contributed by atoms with Gasteiger partial charge in [-0.15, -0.1) is 13.2 Å². The Balaban J connectivity index is 0.00000151. The zero-order valence-corrected chi connectivity index (χ0v) is 15.5. The van der Waals surface area contributed by atoms with E-state index in [1.54, 1.807) is 0 Å². The van der Waals surface area contributed by atoms with E-state index in [1.807, 2.05) is 43.5 Å². The molecule has 2 aromatic rings. The second kappa shape index (κ2) is 10.8. The lowest BCUT2D eigenvalue weighted by Gasteiger charge is -2.12. The molecule has 0 radical (unpaired) electrons. The summed E-state index contributed by atoms with van der Waals surface area (Å²) >= 11 is 0. The van der Waals surface area contributed by atoms with Gasteiger partial charge < -0.3 is 5.32 Å². The number of aryl methyl sites for hydroxylation is 1. The van der Waals surface area contributed by atoms with Gasteiger partial charge in [-0.25, -0.2) is 0 Å². The highest BCUT2D eigenvalue weighted by Gasteiger charge is 2.03. The zero-order valence-electron chi connectivity index (χ0n) is 15.5. The van der Waals surface area contributed by atoms with Crippen molar-refractivity contribution in [1.29, 1.82) is 0 Å². The summed E-state index contributed by atoms with van der Waals surface area (Å²) in [6.45, 7) is 16.3. The summed E-state index contributed by atoms with van der Waals surface area (Å²) < 4.78 is 0. The van der Waals surface area contributed by atoms with Crippen LogP contribution < -0.4 is 5.32 Å². The van der Waals surface area contributed by atoms with Gasteiger partial charge in [0, 0.05) is 11.9 Å². The fraction of sp³-hybridized carbons (Fsp3) is 0.174. The van der Waals surface area contributed by atoms with Gasteiger partial charge in [0.1, 0.15) is 0 Å². The maximum absolute atomic E-state index is 4.53. The number of hydrogen-bond donors (Lipinski definition) is 1. The first-order valence-corrected chi connectivity index (χ1v) is 8.35. The summed E-state index contributed by atoms with van der Waals surface area (Å²) in [6, 6.07) is 12.3. The van der Waals surface area contributed by atoms with Crippen LogP contribution in [-0.4, -0.2) is 4.98 Å². The summed E-state index contributed by atoms with van der Waals surface area (Å²) in [5.74, 6) is 0. The van der Waals surface area contributed by atoms with Gasteiger partial charge in [0.05, 0.1) is 11.4 Å². The van der Waals surface area contributed by atoms with Crippen molar-refractivity contribution in [2.24, 2.45) is 0 Å². The van der Waals surface area contributed by atoms with E-state index in [9.17, 15) is 0 Å². The maximum atomic E-state index is 4.53. The Bertz CT molecular complexity index is 737. The Kier molecular flexibility index (Phi) is 8.73. The summed E-state index contributed by atoms with van der Waals surface area (Å²) in [6.07, 6.45) is 9.06. The highest BCUT2D eigenvalue weighted by atomic mass is 14.9. The molecule has 2 heteroatoms. The van der Waals surface area contributed by atoms with E-state index < -0.39 is 0 Å². The molecule has 0 fully saturated rings. The first-order chi connectivity index (χ1) is 12.1. The average Bonchev–Trinajstić information content (AvgIpc) is 2.64. The summed E-state index contributed by atoms with van der Waals surface area (Å²) in [7, 11) is 0. The number of rotatable bonds is 6. The predicted octanol–water partition coefficient (Wildman–Crippen LogP) is 6.34. The molecule has 0 spiro atoms. The third-order valence-electron chi connectivity index (χ3n) is 3.62. The first kappa shape index (κ1) is 20.2. The van der Waals surface area contributed by atoms with E-state index in [0.29, 0.717) is 0 Å². The molecule has 25 heavy (non-hydrogen) atoms. The lowest BCUT2D eigenvalue weighted by molar-refractivity contribution is 1.10. The van der Waals surface area contributed by atoms with Crippen LogP contribution in [0.2, 0.25) is 0 Å². The molecule has 1 aromatic carbocycles. The first-order valence-electron chi connectivity index (χ1n) is 8.35. The highest BCUT2D eigenvalue weighted by Crippen LogP contribution is 2.19. The molecule has 2 nitrogen and oxygen atoms in total. The molecule has 2 rings (SSSR count). The number of pyridine rings is 1. The van der Waals surface area contributed by atoms with Crippen molar-refractivity contribution in [3.8, 4) is 0 Å². The van der Waals surface area contributed by atoms with E-state index >= 15 is 0 Å². The van der Waals surface area contributed by atoms with Crippen LogP contribution in [0.3, 0.4) is 0 Å². The van der Waals surface area contributed by atoms with Crippen molar-refractivity contribution in [3.05, 3.63) is 103 Å². The number of anilines is 1. The number of nitrogens with zero attached hydrogens (tertiary/aromatic N) is 1. The second-order valence-corrected chi connectivity index (χ2v) is 5.69. The highest BCUT2D eigenvalue weighted by molar-refractivity contribution is 5.74. The number of hydrogen-bond acceptors (Lipinski definition) is 2. The number of benzene rings is 1. The summed E-state index contributed by atoms with van der Waals surface area (Å²) in [4.78, 5) is 4.53. The van der Waals surface area contributed by atoms with E-state index in [-0.39, 0.29) is 0 Å². The van der Waals surface area contributed by atoms with Crippen molar-refractivity contribution in [3.63, 3.8) is 0 Å². The molecule has 0 amide bonds. The van der Waals surface area contributed by atoms with Gasteiger partial charge in [-0.1, -0.05) is 54.6 Å². The lowest BCUT2D eigenvalue weighted by atomic mass is 10.1. The predicted molar refractivity (Wildman–Crippen MR) is 112 cm³/mol. The van der Waals surface area contributed by atoms with Crippen LogP contribution in [0.1, 0.15) is 30.7 Å². The molecule has 0 atom stereocenters. The second-order valence-electron chi connectivity index (χ2n) is 5.69. The van der Waals surface area contributed by atoms with Gasteiger partial charge in [-0.05, 0) is 50.5 Å². The minimum Gasteiger partial charge on any atom is -0.354 e. The fourth-order valence-electron chi connectivity index (χ4n) is 2.29. The molecule has 0 saturated carbocycles. The van der Waals surface area contributed by atoms with Crippen LogP contribution in [0, 0.1) is 6.92 Å². The Morgan fingerprint density at radius 2 is 1.88 bits per heavy atom. The van der Waals surface area contributed by atoms with Crippen LogP contribution >= 0.6 is 0 Å². The number of para-hydroxylation sites is 1. The van der Waals surface area contributed by atoms with Gasteiger partial charge in [0.25, 0.3) is 0 Å². The number of aromatic nitrogens is 1. The minimum atomic E-state index is 0.812. The van der Waals surface area contributed by atoms with E-state index in [0.717, 1.165) is 23.5 Å². The standard InChI is InChI=1S/C21H24N2.C2H4/c1-5-6-9-16(2)14-19-12-13-21(22-15-19)18(4)23-20-11-8-7-10-17(20)3;1-2/h5-13,15,23H,4,14H2,1-3H3;1-2H2/b6-5-,16-9-;.